The summed E-state index contributed by atoms with van der Waals surface area (Å²) in [5, 5.41) is 9.93. The minimum atomic E-state index is -0.240. The van der Waals surface area contributed by atoms with Crippen LogP contribution in [-0.4, -0.2) is 48.5 Å². The first-order valence-electron chi connectivity index (χ1n) is 8.65. The number of ether oxygens (including phenoxy) is 2. The monoisotopic (exact) mass is 360 g/mol. The number of rotatable bonds is 6. The van der Waals surface area contributed by atoms with Crippen LogP contribution < -0.4 is 10.6 Å². The van der Waals surface area contributed by atoms with E-state index < -0.39 is 0 Å². The van der Waals surface area contributed by atoms with E-state index in [1.54, 1.807) is 25.4 Å². The number of amides is 1. The molecule has 1 amide bonds. The van der Waals surface area contributed by atoms with Gasteiger partial charge in [0.15, 0.2) is 0 Å². The Labute approximate surface area is 152 Å². The number of nitrogens with one attached hydrogen (secondary N) is 2. The lowest BCUT2D eigenvalue weighted by molar-refractivity contribution is -0.0739. The Morgan fingerprint density at radius 2 is 2.27 bits per heavy atom. The molecule has 2 aromatic rings. The Kier molecular flexibility index (Phi) is 5.85. The van der Waals surface area contributed by atoms with E-state index in [4.69, 9.17) is 14.0 Å². The molecule has 0 spiro atoms. The van der Waals surface area contributed by atoms with E-state index >= 15 is 0 Å². The molecule has 1 saturated heterocycles. The van der Waals surface area contributed by atoms with Gasteiger partial charge in [-0.2, -0.15) is 0 Å². The van der Waals surface area contributed by atoms with Crippen molar-refractivity contribution in [3.63, 3.8) is 0 Å². The van der Waals surface area contributed by atoms with Gasteiger partial charge >= 0.3 is 0 Å². The van der Waals surface area contributed by atoms with E-state index in [9.17, 15) is 4.79 Å². The highest BCUT2D eigenvalue weighted by atomic mass is 16.5. The molecule has 3 rings (SSSR count). The molecule has 8 heteroatoms. The summed E-state index contributed by atoms with van der Waals surface area (Å²) in [6, 6.07) is 3.35. The van der Waals surface area contributed by atoms with Gasteiger partial charge in [-0.25, -0.2) is 4.98 Å². The van der Waals surface area contributed by atoms with Crippen molar-refractivity contribution in [2.75, 3.05) is 25.6 Å². The standard InChI is InChI=1S/C18H24N4O4/c1-11-14(12(2)26-22-11)9-25-16-10-24-8-6-15(16)21-18(23)13-5-4-7-20-17(13)19-3/h4-5,7,15-16H,6,8-10H2,1-3H3,(H,19,20)(H,21,23)/t15-,16-/m1/s1. The fraction of sp³-hybridized carbons (Fsp3) is 0.500. The second-order valence-corrected chi connectivity index (χ2v) is 6.25. The number of carbonyl (C=O) groups excluding carboxylic acids is 1. The van der Waals surface area contributed by atoms with E-state index in [-0.39, 0.29) is 18.1 Å². The Morgan fingerprint density at radius 3 is 3.00 bits per heavy atom. The Morgan fingerprint density at radius 1 is 1.42 bits per heavy atom. The molecule has 0 radical (unpaired) electrons. The van der Waals surface area contributed by atoms with Crippen LogP contribution in [0.2, 0.25) is 0 Å². The van der Waals surface area contributed by atoms with Crippen LogP contribution in [0.4, 0.5) is 5.82 Å². The highest BCUT2D eigenvalue weighted by molar-refractivity contribution is 5.98. The minimum absolute atomic E-state index is 0.137. The molecular formula is C18H24N4O4. The van der Waals surface area contributed by atoms with Gasteiger partial charge in [-0.3, -0.25) is 4.79 Å². The third-order valence-corrected chi connectivity index (χ3v) is 4.53. The normalized spacial score (nSPS) is 20.0. The minimum Gasteiger partial charge on any atom is -0.379 e. The zero-order chi connectivity index (χ0) is 18.5. The summed E-state index contributed by atoms with van der Waals surface area (Å²) in [7, 11) is 1.74. The van der Waals surface area contributed by atoms with Crippen LogP contribution in [0.25, 0.3) is 0 Å². The van der Waals surface area contributed by atoms with Gasteiger partial charge in [-0.15, -0.1) is 0 Å². The summed E-state index contributed by atoms with van der Waals surface area (Å²) < 4.78 is 16.7. The summed E-state index contributed by atoms with van der Waals surface area (Å²) in [6.07, 6.45) is 2.09. The van der Waals surface area contributed by atoms with Crippen molar-refractivity contribution in [2.24, 2.45) is 0 Å². The highest BCUT2D eigenvalue weighted by Gasteiger charge is 2.29. The van der Waals surface area contributed by atoms with Crippen LogP contribution in [0.15, 0.2) is 22.9 Å². The SMILES string of the molecule is CNc1ncccc1C(=O)N[C@@H]1CCOC[C@H]1OCc1c(C)noc1C. The molecule has 8 nitrogen and oxygen atoms in total. The molecule has 2 atom stereocenters. The van der Waals surface area contributed by atoms with Crippen LogP contribution in [0, 0.1) is 13.8 Å². The van der Waals surface area contributed by atoms with Crippen molar-refractivity contribution in [2.45, 2.75) is 39.0 Å². The lowest BCUT2D eigenvalue weighted by atomic mass is 10.0. The molecule has 0 aromatic carbocycles. The van der Waals surface area contributed by atoms with Gasteiger partial charge in [-0.05, 0) is 32.4 Å². The third-order valence-electron chi connectivity index (χ3n) is 4.53. The number of hydrogen-bond donors (Lipinski definition) is 2. The predicted octanol–water partition coefficient (Wildman–Crippen LogP) is 1.83. The van der Waals surface area contributed by atoms with Gasteiger partial charge in [0.25, 0.3) is 5.91 Å². The topological polar surface area (TPSA) is 98.5 Å². The summed E-state index contributed by atoms with van der Waals surface area (Å²) in [6.45, 7) is 5.13. The molecule has 1 aliphatic rings. The molecular weight excluding hydrogens is 336 g/mol. The fourth-order valence-electron chi connectivity index (χ4n) is 2.97. The number of hydrogen-bond acceptors (Lipinski definition) is 7. The van der Waals surface area contributed by atoms with Crippen molar-refractivity contribution < 1.29 is 18.8 Å². The number of aromatic nitrogens is 2. The molecule has 140 valence electrons. The summed E-state index contributed by atoms with van der Waals surface area (Å²) in [5.41, 5.74) is 2.25. The maximum atomic E-state index is 12.7. The van der Waals surface area contributed by atoms with Crippen LogP contribution in [0.5, 0.6) is 0 Å². The van der Waals surface area contributed by atoms with E-state index in [2.05, 4.69) is 20.8 Å². The highest BCUT2D eigenvalue weighted by Crippen LogP contribution is 2.19. The van der Waals surface area contributed by atoms with Crippen molar-refractivity contribution >= 4 is 11.7 Å². The van der Waals surface area contributed by atoms with Gasteiger partial charge in [-0.1, -0.05) is 5.16 Å². The van der Waals surface area contributed by atoms with Crippen molar-refractivity contribution in [3.05, 3.63) is 40.9 Å². The fourth-order valence-corrected chi connectivity index (χ4v) is 2.97. The molecule has 1 aliphatic heterocycles. The van der Waals surface area contributed by atoms with E-state index in [1.165, 1.54) is 0 Å². The molecule has 2 N–H and O–H groups in total. The van der Waals surface area contributed by atoms with Crippen molar-refractivity contribution in [1.29, 1.82) is 0 Å². The Hall–Kier alpha value is -2.45. The first-order valence-corrected chi connectivity index (χ1v) is 8.65. The summed E-state index contributed by atoms with van der Waals surface area (Å²) in [5.74, 6) is 1.11. The van der Waals surface area contributed by atoms with Gasteiger partial charge in [0, 0.05) is 25.4 Å². The molecule has 26 heavy (non-hydrogen) atoms. The van der Waals surface area contributed by atoms with Gasteiger partial charge < -0.3 is 24.6 Å². The molecule has 0 aliphatic carbocycles. The Bertz CT molecular complexity index is 742. The van der Waals surface area contributed by atoms with Gasteiger partial charge in [0.05, 0.1) is 30.5 Å². The lowest BCUT2D eigenvalue weighted by Crippen LogP contribution is -2.50. The number of carbonyl (C=O) groups is 1. The predicted molar refractivity (Wildman–Crippen MR) is 95.0 cm³/mol. The second-order valence-electron chi connectivity index (χ2n) is 6.25. The molecule has 0 saturated carbocycles. The van der Waals surface area contributed by atoms with E-state index in [1.807, 2.05) is 13.8 Å². The Balaban J connectivity index is 1.66. The van der Waals surface area contributed by atoms with Crippen LogP contribution in [0.1, 0.15) is 33.8 Å². The van der Waals surface area contributed by atoms with E-state index in [0.717, 1.165) is 17.0 Å². The molecule has 0 bridgehead atoms. The smallest absolute Gasteiger partial charge is 0.255 e. The second kappa shape index (κ2) is 8.29. The quantitative estimate of drug-likeness (QED) is 0.811. The zero-order valence-electron chi connectivity index (χ0n) is 15.2. The van der Waals surface area contributed by atoms with Gasteiger partial charge in [0.2, 0.25) is 0 Å². The maximum absolute atomic E-state index is 12.7. The molecule has 2 aromatic heterocycles. The summed E-state index contributed by atoms with van der Waals surface area (Å²) >= 11 is 0. The number of anilines is 1. The van der Waals surface area contributed by atoms with Crippen LogP contribution in [-0.2, 0) is 16.1 Å². The first-order chi connectivity index (χ1) is 12.6. The van der Waals surface area contributed by atoms with Crippen molar-refractivity contribution in [1.82, 2.24) is 15.5 Å². The first kappa shape index (κ1) is 18.3. The molecule has 0 unspecified atom stereocenters. The molecule has 3 heterocycles. The van der Waals surface area contributed by atoms with Crippen molar-refractivity contribution in [3.8, 4) is 0 Å². The largest absolute Gasteiger partial charge is 0.379 e. The van der Waals surface area contributed by atoms with Crippen LogP contribution in [0.3, 0.4) is 0 Å². The maximum Gasteiger partial charge on any atom is 0.255 e. The average molecular weight is 360 g/mol. The van der Waals surface area contributed by atoms with Crippen LogP contribution >= 0.6 is 0 Å². The zero-order valence-corrected chi connectivity index (χ0v) is 15.2. The number of pyridine rings is 1. The summed E-state index contributed by atoms with van der Waals surface area (Å²) in [4.78, 5) is 16.8. The third kappa shape index (κ3) is 4.03. The van der Waals surface area contributed by atoms with E-state index in [0.29, 0.717) is 37.6 Å². The van der Waals surface area contributed by atoms with Gasteiger partial charge in [0.1, 0.15) is 17.7 Å². The lowest BCUT2D eigenvalue weighted by Gasteiger charge is -2.32. The number of aryl methyl sites for hydroxylation is 2. The average Bonchev–Trinajstić information content (AvgIpc) is 2.98. The molecule has 1 fully saturated rings. The number of nitrogens with zero attached hydrogens (tertiary/aromatic N) is 2.